The van der Waals surface area contributed by atoms with E-state index in [1.165, 1.54) is 4.57 Å². The fraction of sp³-hybridized carbons (Fsp3) is 0.667. The zero-order valence-corrected chi connectivity index (χ0v) is 11.9. The average molecular weight is 274 g/mol. The lowest BCUT2D eigenvalue weighted by Crippen LogP contribution is -2.40. The number of nitrogens with zero attached hydrogens (tertiary/aromatic N) is 2. The molecule has 18 heavy (non-hydrogen) atoms. The van der Waals surface area contributed by atoms with Crippen LogP contribution in [0.2, 0.25) is 5.15 Å². The van der Waals surface area contributed by atoms with Crippen LogP contribution >= 0.6 is 11.6 Å². The summed E-state index contributed by atoms with van der Waals surface area (Å²) in [6.45, 7) is 8.82. The van der Waals surface area contributed by atoms with Crippen LogP contribution in [0.3, 0.4) is 0 Å². The number of aromatic nitrogens is 2. The third kappa shape index (κ3) is 3.23. The maximum Gasteiger partial charge on any atom is 0.329 e. The van der Waals surface area contributed by atoms with Gasteiger partial charge in [-0.2, -0.15) is 0 Å². The van der Waals surface area contributed by atoms with Crippen molar-refractivity contribution in [3.8, 4) is 0 Å². The van der Waals surface area contributed by atoms with E-state index in [2.05, 4.69) is 23.7 Å². The summed E-state index contributed by atoms with van der Waals surface area (Å²) in [6.07, 6.45) is 0.514. The van der Waals surface area contributed by atoms with Crippen molar-refractivity contribution in [1.29, 1.82) is 0 Å². The number of hydrogen-bond donors (Lipinski definition) is 1. The molecule has 1 aromatic heterocycles. The molecular formula is C12H20ClN3O2. The highest BCUT2D eigenvalue weighted by Crippen LogP contribution is 2.05. The van der Waals surface area contributed by atoms with Crippen molar-refractivity contribution in [2.24, 2.45) is 0 Å². The first-order valence-electron chi connectivity index (χ1n) is 6.28. The number of halogens is 1. The second-order valence-corrected chi connectivity index (χ2v) is 4.44. The van der Waals surface area contributed by atoms with Crippen LogP contribution < -0.4 is 11.2 Å². The van der Waals surface area contributed by atoms with Crippen molar-refractivity contribution < 1.29 is 0 Å². The smallest absolute Gasteiger partial charge is 0.302 e. The predicted molar refractivity (Wildman–Crippen MR) is 73.5 cm³/mol. The normalized spacial score (nSPS) is 11.2. The number of aromatic amines is 1. The van der Waals surface area contributed by atoms with Crippen LogP contribution in [0.4, 0.5) is 0 Å². The second-order valence-electron chi connectivity index (χ2n) is 4.06. The minimum atomic E-state index is -0.436. The largest absolute Gasteiger partial charge is 0.329 e. The van der Waals surface area contributed by atoms with E-state index >= 15 is 0 Å². The molecule has 0 aromatic carbocycles. The van der Waals surface area contributed by atoms with Crippen molar-refractivity contribution in [3.63, 3.8) is 0 Å². The lowest BCUT2D eigenvalue weighted by molar-refractivity contribution is 0.286. The zero-order valence-electron chi connectivity index (χ0n) is 11.1. The summed E-state index contributed by atoms with van der Waals surface area (Å²) in [6, 6.07) is 0. The van der Waals surface area contributed by atoms with Gasteiger partial charge in [-0.3, -0.25) is 14.3 Å². The Kier molecular flexibility index (Phi) is 5.62. The molecule has 0 bridgehead atoms. The van der Waals surface area contributed by atoms with E-state index in [-0.39, 0.29) is 10.7 Å². The Balaban J connectivity index is 3.03. The first kappa shape index (κ1) is 15.0. The molecule has 1 heterocycles. The van der Waals surface area contributed by atoms with Gasteiger partial charge in [0.05, 0.1) is 5.56 Å². The summed E-state index contributed by atoms with van der Waals surface area (Å²) in [4.78, 5) is 28.5. The van der Waals surface area contributed by atoms with E-state index in [9.17, 15) is 9.59 Å². The first-order chi connectivity index (χ1) is 8.54. The Hall–Kier alpha value is -1.07. The van der Waals surface area contributed by atoms with E-state index in [0.29, 0.717) is 25.1 Å². The van der Waals surface area contributed by atoms with E-state index in [1.54, 1.807) is 0 Å². The molecule has 0 radical (unpaired) electrons. The van der Waals surface area contributed by atoms with E-state index in [4.69, 9.17) is 11.6 Å². The van der Waals surface area contributed by atoms with Crippen LogP contribution in [0.5, 0.6) is 0 Å². The monoisotopic (exact) mass is 273 g/mol. The second kappa shape index (κ2) is 6.75. The fourth-order valence-electron chi connectivity index (χ4n) is 1.88. The van der Waals surface area contributed by atoms with E-state index in [1.807, 2.05) is 6.92 Å². The summed E-state index contributed by atoms with van der Waals surface area (Å²) in [5.41, 5.74) is -0.247. The molecule has 0 aliphatic rings. The van der Waals surface area contributed by atoms with Crippen LogP contribution in [0, 0.1) is 0 Å². The van der Waals surface area contributed by atoms with Gasteiger partial charge in [-0.1, -0.05) is 32.4 Å². The minimum Gasteiger partial charge on any atom is -0.302 e. The van der Waals surface area contributed by atoms with Crippen LogP contribution in [-0.2, 0) is 13.0 Å². The molecule has 0 aliphatic carbocycles. The van der Waals surface area contributed by atoms with Gasteiger partial charge in [0.1, 0.15) is 5.15 Å². The number of hydrogen-bond acceptors (Lipinski definition) is 3. The van der Waals surface area contributed by atoms with Gasteiger partial charge in [0.15, 0.2) is 0 Å². The van der Waals surface area contributed by atoms with Crippen molar-refractivity contribution >= 4 is 11.6 Å². The number of likely N-dealkylation sites (N-methyl/N-ethyl adjacent to an activating group) is 1. The lowest BCUT2D eigenvalue weighted by Gasteiger charge is -2.18. The van der Waals surface area contributed by atoms with Crippen LogP contribution in [-0.4, -0.2) is 34.1 Å². The molecule has 0 spiro atoms. The topological polar surface area (TPSA) is 58.1 Å². The molecule has 102 valence electrons. The Morgan fingerprint density at radius 1 is 1.22 bits per heavy atom. The summed E-state index contributed by atoms with van der Waals surface area (Å²) in [7, 11) is 0. The molecule has 5 nitrogen and oxygen atoms in total. The third-order valence-electron chi connectivity index (χ3n) is 3.12. The molecular weight excluding hydrogens is 254 g/mol. The van der Waals surface area contributed by atoms with Gasteiger partial charge in [-0.25, -0.2) is 4.79 Å². The maximum absolute atomic E-state index is 12.1. The molecule has 0 atom stereocenters. The standard InChI is InChI=1S/C12H20ClN3O2/c1-4-9-10(13)14-12(18)16(11(9)17)8-7-15(5-2)6-3/h4-8H2,1-3H3,(H,14,18). The molecule has 1 aromatic rings. The van der Waals surface area contributed by atoms with Crippen molar-refractivity contribution in [1.82, 2.24) is 14.5 Å². The van der Waals surface area contributed by atoms with Crippen LogP contribution in [0.15, 0.2) is 9.59 Å². The van der Waals surface area contributed by atoms with E-state index in [0.717, 1.165) is 13.1 Å². The Morgan fingerprint density at radius 2 is 1.83 bits per heavy atom. The number of rotatable bonds is 6. The summed E-state index contributed by atoms with van der Waals surface area (Å²) < 4.78 is 1.23. The van der Waals surface area contributed by atoms with Crippen LogP contribution in [0.25, 0.3) is 0 Å². The fourth-order valence-corrected chi connectivity index (χ4v) is 2.17. The lowest BCUT2D eigenvalue weighted by atomic mass is 10.2. The Bertz CT molecular complexity index is 503. The van der Waals surface area contributed by atoms with Crippen molar-refractivity contribution in [2.45, 2.75) is 33.7 Å². The van der Waals surface area contributed by atoms with E-state index < -0.39 is 5.69 Å². The molecule has 6 heteroatoms. The quantitative estimate of drug-likeness (QED) is 0.790. The first-order valence-corrected chi connectivity index (χ1v) is 6.66. The minimum absolute atomic E-state index is 0.159. The van der Waals surface area contributed by atoms with Crippen molar-refractivity contribution in [3.05, 3.63) is 31.6 Å². The summed E-state index contributed by atoms with van der Waals surface area (Å²) in [5.74, 6) is 0. The molecule has 0 fully saturated rings. The summed E-state index contributed by atoms with van der Waals surface area (Å²) >= 11 is 5.84. The van der Waals surface area contributed by atoms with Gasteiger partial charge in [0.25, 0.3) is 5.56 Å². The van der Waals surface area contributed by atoms with Gasteiger partial charge in [-0.15, -0.1) is 0 Å². The Morgan fingerprint density at radius 3 is 2.33 bits per heavy atom. The molecule has 0 saturated carbocycles. The van der Waals surface area contributed by atoms with Gasteiger partial charge in [-0.05, 0) is 19.5 Å². The molecule has 0 aliphatic heterocycles. The number of H-pyrrole nitrogens is 1. The average Bonchev–Trinajstić information content (AvgIpc) is 2.34. The van der Waals surface area contributed by atoms with Crippen LogP contribution in [0.1, 0.15) is 26.3 Å². The van der Waals surface area contributed by atoms with Gasteiger partial charge < -0.3 is 4.90 Å². The maximum atomic E-state index is 12.1. The highest BCUT2D eigenvalue weighted by Gasteiger charge is 2.11. The number of nitrogens with one attached hydrogen (secondary N) is 1. The SMILES string of the molecule is CCc1c(Cl)[nH]c(=O)n(CCN(CC)CC)c1=O. The van der Waals surface area contributed by atoms with Gasteiger partial charge in [0, 0.05) is 13.1 Å². The summed E-state index contributed by atoms with van der Waals surface area (Å²) in [5, 5.41) is 0.159. The molecule has 1 N–H and O–H groups in total. The third-order valence-corrected chi connectivity index (χ3v) is 3.44. The Labute approximate surface area is 111 Å². The van der Waals surface area contributed by atoms with Gasteiger partial charge in [0.2, 0.25) is 0 Å². The molecule has 0 unspecified atom stereocenters. The van der Waals surface area contributed by atoms with Crippen molar-refractivity contribution in [2.75, 3.05) is 19.6 Å². The highest BCUT2D eigenvalue weighted by molar-refractivity contribution is 6.30. The highest BCUT2D eigenvalue weighted by atomic mass is 35.5. The molecule has 0 amide bonds. The van der Waals surface area contributed by atoms with Gasteiger partial charge >= 0.3 is 5.69 Å². The molecule has 1 rings (SSSR count). The predicted octanol–water partition coefficient (Wildman–Crippen LogP) is 1.09. The molecule has 0 saturated heterocycles. The zero-order chi connectivity index (χ0) is 13.7.